The molecular weight excluding hydrogens is 142 g/mol. The van der Waals surface area contributed by atoms with E-state index in [4.69, 9.17) is 5.11 Å². The summed E-state index contributed by atoms with van der Waals surface area (Å²) in [5.74, 6) is -0.0596. The number of aliphatic hydroxyl groups is 1. The zero-order valence-corrected chi connectivity index (χ0v) is 7.64. The first-order chi connectivity index (χ1) is 4.83. The van der Waals surface area contributed by atoms with E-state index in [1.54, 1.807) is 6.92 Å². The maximum atomic E-state index is 10.6. The number of carbonyl (C=O) groups is 1. The lowest BCUT2D eigenvalue weighted by Crippen LogP contribution is -2.44. The van der Waals surface area contributed by atoms with E-state index in [0.29, 0.717) is 6.42 Å². The summed E-state index contributed by atoms with van der Waals surface area (Å²) in [6, 6.07) is 0. The summed E-state index contributed by atoms with van der Waals surface area (Å²) < 4.78 is 0. The minimum absolute atomic E-state index is 0.0596. The monoisotopic (exact) mass is 159 g/mol. The quantitative estimate of drug-likeness (QED) is 0.636. The van der Waals surface area contributed by atoms with Crippen molar-refractivity contribution in [2.75, 3.05) is 0 Å². The number of aliphatic hydroxyl groups excluding tert-OH is 1. The summed E-state index contributed by atoms with van der Waals surface area (Å²) in [5, 5.41) is 11.8. The van der Waals surface area contributed by atoms with Gasteiger partial charge in [0.05, 0.1) is 6.10 Å². The summed E-state index contributed by atoms with van der Waals surface area (Å²) in [6.45, 7) is 6.97. The first kappa shape index (κ1) is 10.4. The Kier molecular flexibility index (Phi) is 3.52. The van der Waals surface area contributed by atoms with Crippen LogP contribution in [0.5, 0.6) is 0 Å². The molecule has 1 unspecified atom stereocenters. The topological polar surface area (TPSA) is 49.3 Å². The average Bonchev–Trinajstić information content (AvgIpc) is 1.53. The predicted molar refractivity (Wildman–Crippen MR) is 44.2 cm³/mol. The van der Waals surface area contributed by atoms with Crippen LogP contribution in [-0.4, -0.2) is 22.7 Å². The van der Waals surface area contributed by atoms with Crippen LogP contribution in [0.1, 0.15) is 34.1 Å². The van der Waals surface area contributed by atoms with Gasteiger partial charge in [-0.3, -0.25) is 4.79 Å². The molecule has 1 atom stereocenters. The van der Waals surface area contributed by atoms with E-state index in [1.165, 1.54) is 6.92 Å². The van der Waals surface area contributed by atoms with E-state index >= 15 is 0 Å². The van der Waals surface area contributed by atoms with Gasteiger partial charge < -0.3 is 10.4 Å². The second-order valence-electron chi connectivity index (χ2n) is 3.62. The van der Waals surface area contributed by atoms with Crippen LogP contribution in [0.3, 0.4) is 0 Å². The van der Waals surface area contributed by atoms with Crippen LogP contribution in [0, 0.1) is 0 Å². The molecule has 0 aliphatic heterocycles. The van der Waals surface area contributed by atoms with Crippen LogP contribution in [0.2, 0.25) is 0 Å². The Hall–Kier alpha value is -0.570. The second kappa shape index (κ2) is 3.72. The van der Waals surface area contributed by atoms with E-state index in [-0.39, 0.29) is 17.6 Å². The van der Waals surface area contributed by atoms with Crippen molar-refractivity contribution in [3.63, 3.8) is 0 Å². The lowest BCUT2D eigenvalue weighted by Gasteiger charge is -2.26. The van der Waals surface area contributed by atoms with Crippen LogP contribution in [-0.2, 0) is 4.79 Å². The maximum Gasteiger partial charge on any atom is 0.217 e. The lowest BCUT2D eigenvalue weighted by molar-refractivity contribution is -0.120. The average molecular weight is 159 g/mol. The van der Waals surface area contributed by atoms with Gasteiger partial charge in [-0.15, -0.1) is 0 Å². The third-order valence-electron chi connectivity index (χ3n) is 1.32. The maximum absolute atomic E-state index is 10.6. The molecule has 0 aliphatic carbocycles. The van der Waals surface area contributed by atoms with Crippen LogP contribution in [0.15, 0.2) is 0 Å². The number of amides is 1. The number of hydrogen-bond acceptors (Lipinski definition) is 2. The summed E-state index contributed by atoms with van der Waals surface area (Å²) in [4.78, 5) is 10.6. The molecule has 3 heteroatoms. The minimum atomic E-state index is -0.378. The Morgan fingerprint density at radius 1 is 1.64 bits per heavy atom. The molecule has 1 amide bonds. The van der Waals surface area contributed by atoms with Crippen LogP contribution in [0.25, 0.3) is 0 Å². The van der Waals surface area contributed by atoms with Crippen molar-refractivity contribution >= 4 is 5.91 Å². The van der Waals surface area contributed by atoms with Crippen molar-refractivity contribution in [1.29, 1.82) is 0 Å². The van der Waals surface area contributed by atoms with Crippen molar-refractivity contribution in [3.05, 3.63) is 0 Å². The zero-order valence-electron chi connectivity index (χ0n) is 7.64. The Balaban J connectivity index is 3.89. The Morgan fingerprint density at radius 2 is 2.09 bits per heavy atom. The molecule has 0 aliphatic rings. The molecule has 0 rings (SSSR count). The molecule has 0 saturated heterocycles. The molecule has 0 saturated carbocycles. The molecule has 0 bridgehead atoms. The van der Waals surface area contributed by atoms with Crippen LogP contribution in [0.4, 0.5) is 0 Å². The van der Waals surface area contributed by atoms with Gasteiger partial charge >= 0.3 is 0 Å². The third-order valence-corrected chi connectivity index (χ3v) is 1.32. The SMILES string of the molecule is CC(=O)NC(C)(C)CC(C)O. The third kappa shape index (κ3) is 5.85. The molecule has 66 valence electrons. The van der Waals surface area contributed by atoms with E-state index in [1.807, 2.05) is 13.8 Å². The first-order valence-electron chi connectivity index (χ1n) is 3.80. The first-order valence-corrected chi connectivity index (χ1v) is 3.80. The van der Waals surface area contributed by atoms with Gasteiger partial charge in [0.25, 0.3) is 0 Å². The van der Waals surface area contributed by atoms with Crippen molar-refractivity contribution in [1.82, 2.24) is 5.32 Å². The van der Waals surface area contributed by atoms with Gasteiger partial charge in [0.1, 0.15) is 0 Å². The van der Waals surface area contributed by atoms with Gasteiger partial charge in [-0.1, -0.05) is 0 Å². The van der Waals surface area contributed by atoms with Gasteiger partial charge in [-0.05, 0) is 27.2 Å². The summed E-state index contributed by atoms with van der Waals surface area (Å²) in [5.41, 5.74) is -0.306. The highest BCUT2D eigenvalue weighted by molar-refractivity contribution is 5.73. The molecule has 11 heavy (non-hydrogen) atoms. The predicted octanol–water partition coefficient (Wildman–Crippen LogP) is 0.672. The highest BCUT2D eigenvalue weighted by atomic mass is 16.3. The van der Waals surface area contributed by atoms with Crippen molar-refractivity contribution < 1.29 is 9.90 Å². The van der Waals surface area contributed by atoms with E-state index in [2.05, 4.69) is 5.32 Å². The molecule has 0 radical (unpaired) electrons. The summed E-state index contributed by atoms with van der Waals surface area (Å²) >= 11 is 0. The zero-order chi connectivity index (χ0) is 9.07. The van der Waals surface area contributed by atoms with Gasteiger partial charge in [0, 0.05) is 12.5 Å². The molecule has 0 fully saturated rings. The highest BCUT2D eigenvalue weighted by Crippen LogP contribution is 2.10. The molecule has 0 heterocycles. The molecule has 0 spiro atoms. The Bertz CT molecular complexity index is 141. The fourth-order valence-electron chi connectivity index (χ4n) is 1.27. The number of nitrogens with one attached hydrogen (secondary N) is 1. The van der Waals surface area contributed by atoms with Crippen LogP contribution < -0.4 is 5.32 Å². The van der Waals surface area contributed by atoms with E-state index < -0.39 is 0 Å². The normalized spacial score (nSPS) is 14.3. The number of hydrogen-bond donors (Lipinski definition) is 2. The second-order valence-corrected chi connectivity index (χ2v) is 3.62. The van der Waals surface area contributed by atoms with Gasteiger partial charge in [-0.25, -0.2) is 0 Å². The molecule has 2 N–H and O–H groups in total. The lowest BCUT2D eigenvalue weighted by atomic mass is 9.97. The fourth-order valence-corrected chi connectivity index (χ4v) is 1.27. The highest BCUT2D eigenvalue weighted by Gasteiger charge is 2.20. The molecule has 0 aromatic heterocycles. The van der Waals surface area contributed by atoms with Crippen molar-refractivity contribution in [2.24, 2.45) is 0 Å². The van der Waals surface area contributed by atoms with Crippen molar-refractivity contribution in [3.8, 4) is 0 Å². The Morgan fingerprint density at radius 3 is 2.36 bits per heavy atom. The summed E-state index contributed by atoms with van der Waals surface area (Å²) in [6.07, 6.45) is 0.198. The minimum Gasteiger partial charge on any atom is -0.393 e. The molecule has 0 aromatic rings. The molecule has 3 nitrogen and oxygen atoms in total. The van der Waals surface area contributed by atoms with Gasteiger partial charge in [-0.2, -0.15) is 0 Å². The summed E-state index contributed by atoms with van der Waals surface area (Å²) in [7, 11) is 0. The van der Waals surface area contributed by atoms with E-state index in [0.717, 1.165) is 0 Å². The van der Waals surface area contributed by atoms with Crippen LogP contribution >= 0.6 is 0 Å². The van der Waals surface area contributed by atoms with Gasteiger partial charge in [0.15, 0.2) is 0 Å². The standard InChI is InChI=1S/C8H17NO2/c1-6(10)5-8(3,4)9-7(2)11/h6,10H,5H2,1-4H3,(H,9,11). The smallest absolute Gasteiger partial charge is 0.217 e. The number of rotatable bonds is 3. The van der Waals surface area contributed by atoms with E-state index in [9.17, 15) is 4.79 Å². The molecular formula is C8H17NO2. The van der Waals surface area contributed by atoms with Crippen molar-refractivity contribution in [2.45, 2.75) is 45.8 Å². The van der Waals surface area contributed by atoms with Gasteiger partial charge in [0.2, 0.25) is 5.91 Å². The molecule has 0 aromatic carbocycles. The Labute approximate surface area is 67.8 Å². The number of carbonyl (C=O) groups excluding carboxylic acids is 1. The fraction of sp³-hybridized carbons (Fsp3) is 0.875. The largest absolute Gasteiger partial charge is 0.393 e.